The Balaban J connectivity index is 1.87. The fourth-order valence-electron chi connectivity index (χ4n) is 2.93. The van der Waals surface area contributed by atoms with Gasteiger partial charge in [-0.3, -0.25) is 0 Å². The molecule has 3 saturated carbocycles. The third-order valence-corrected chi connectivity index (χ3v) is 2.91. The summed E-state index contributed by atoms with van der Waals surface area (Å²) < 4.78 is 0. The Morgan fingerprint density at radius 1 is 1.50 bits per heavy atom. The highest BCUT2D eigenvalue weighted by Gasteiger charge is 2.65. The van der Waals surface area contributed by atoms with Crippen molar-refractivity contribution in [1.29, 1.82) is 0 Å². The maximum absolute atomic E-state index is 9.12. The summed E-state index contributed by atoms with van der Waals surface area (Å²) in [6.45, 7) is 1.86. The van der Waals surface area contributed by atoms with Crippen molar-refractivity contribution in [3.8, 4) is 0 Å². The van der Waals surface area contributed by atoms with Crippen LogP contribution in [0.5, 0.6) is 0 Å². The molecule has 0 spiro atoms. The molecule has 58 valence electrons. The van der Waals surface area contributed by atoms with Crippen LogP contribution < -0.4 is 5.73 Å². The summed E-state index contributed by atoms with van der Waals surface area (Å²) >= 11 is 0. The Labute approximate surface area is 61.4 Å². The van der Waals surface area contributed by atoms with Gasteiger partial charge in [-0.2, -0.15) is 0 Å². The van der Waals surface area contributed by atoms with Gasteiger partial charge in [0.15, 0.2) is 0 Å². The van der Waals surface area contributed by atoms with Crippen LogP contribution in [0.1, 0.15) is 32.6 Å². The quantitative estimate of drug-likeness (QED) is 0.592. The van der Waals surface area contributed by atoms with Crippen LogP contribution in [0, 0.1) is 5.41 Å². The van der Waals surface area contributed by atoms with Crippen molar-refractivity contribution in [2.75, 3.05) is 0 Å². The molecule has 10 heavy (non-hydrogen) atoms. The van der Waals surface area contributed by atoms with Gasteiger partial charge in [0.25, 0.3) is 0 Å². The molecule has 2 heteroatoms. The lowest BCUT2D eigenvalue weighted by atomic mass is 9.38. The molecule has 0 aromatic heterocycles. The molecule has 2 bridgehead atoms. The summed E-state index contributed by atoms with van der Waals surface area (Å²) in [4.78, 5) is 0. The predicted molar refractivity (Wildman–Crippen MR) is 39.5 cm³/mol. The summed E-state index contributed by atoms with van der Waals surface area (Å²) in [7, 11) is 0. The molecule has 0 aliphatic heterocycles. The van der Waals surface area contributed by atoms with E-state index >= 15 is 0 Å². The van der Waals surface area contributed by atoms with Crippen LogP contribution in [-0.2, 0) is 0 Å². The van der Waals surface area contributed by atoms with Crippen molar-refractivity contribution < 1.29 is 5.11 Å². The molecule has 3 aliphatic carbocycles. The summed E-state index contributed by atoms with van der Waals surface area (Å²) in [6.07, 6.45) is 4.30. The fourth-order valence-corrected chi connectivity index (χ4v) is 2.93. The summed E-state index contributed by atoms with van der Waals surface area (Å²) in [5, 5.41) is 9.12. The lowest BCUT2D eigenvalue weighted by molar-refractivity contribution is -0.151. The minimum Gasteiger partial charge on any atom is -0.393 e. The molecule has 2 nitrogen and oxygen atoms in total. The monoisotopic (exact) mass is 141 g/mol. The van der Waals surface area contributed by atoms with E-state index in [1.54, 1.807) is 0 Å². The van der Waals surface area contributed by atoms with Crippen LogP contribution in [0.15, 0.2) is 0 Å². The molecule has 0 aromatic carbocycles. The molecular formula is C8H15NO. The van der Waals surface area contributed by atoms with Gasteiger partial charge in [0.1, 0.15) is 0 Å². The van der Waals surface area contributed by atoms with Crippen molar-refractivity contribution in [3.05, 3.63) is 0 Å². The maximum atomic E-state index is 9.12. The van der Waals surface area contributed by atoms with Gasteiger partial charge in [-0.25, -0.2) is 0 Å². The molecule has 1 unspecified atom stereocenters. The van der Waals surface area contributed by atoms with Gasteiger partial charge in [0, 0.05) is 5.54 Å². The number of rotatable bonds is 2. The van der Waals surface area contributed by atoms with Gasteiger partial charge in [-0.1, -0.05) is 0 Å². The van der Waals surface area contributed by atoms with Crippen molar-refractivity contribution in [2.45, 2.75) is 44.2 Å². The number of aliphatic hydroxyl groups excluding tert-OH is 1. The Bertz CT molecular complexity index is 145. The third-order valence-electron chi connectivity index (χ3n) is 2.91. The average Bonchev–Trinajstić information content (AvgIpc) is 1.56. The van der Waals surface area contributed by atoms with E-state index in [0.717, 1.165) is 25.7 Å². The first-order chi connectivity index (χ1) is 4.54. The van der Waals surface area contributed by atoms with Crippen molar-refractivity contribution in [2.24, 2.45) is 11.1 Å². The highest BCUT2D eigenvalue weighted by atomic mass is 16.3. The van der Waals surface area contributed by atoms with Crippen LogP contribution in [0.25, 0.3) is 0 Å². The maximum Gasteiger partial charge on any atom is 0.0517 e. The number of hydrogen-bond donors (Lipinski definition) is 2. The Kier molecular flexibility index (Phi) is 1.03. The topological polar surface area (TPSA) is 46.2 Å². The molecule has 0 aromatic rings. The van der Waals surface area contributed by atoms with E-state index in [-0.39, 0.29) is 11.6 Å². The van der Waals surface area contributed by atoms with Gasteiger partial charge in [0.2, 0.25) is 0 Å². The van der Waals surface area contributed by atoms with E-state index in [1.165, 1.54) is 0 Å². The van der Waals surface area contributed by atoms with E-state index in [2.05, 4.69) is 0 Å². The van der Waals surface area contributed by atoms with Gasteiger partial charge in [0.05, 0.1) is 6.10 Å². The summed E-state index contributed by atoms with van der Waals surface area (Å²) in [6, 6.07) is 0. The normalized spacial score (nSPS) is 53.1. The molecule has 3 rings (SSSR count). The second-order valence-electron chi connectivity index (χ2n) is 4.45. The van der Waals surface area contributed by atoms with E-state index in [9.17, 15) is 0 Å². The minimum atomic E-state index is -0.134. The van der Waals surface area contributed by atoms with Crippen molar-refractivity contribution in [3.63, 3.8) is 0 Å². The zero-order valence-electron chi connectivity index (χ0n) is 6.43. The Hall–Kier alpha value is -0.0800. The lowest BCUT2D eigenvalue weighted by Crippen LogP contribution is -2.72. The molecule has 0 saturated heterocycles. The van der Waals surface area contributed by atoms with E-state index in [1.807, 2.05) is 6.92 Å². The number of hydrogen-bond acceptors (Lipinski definition) is 2. The van der Waals surface area contributed by atoms with Gasteiger partial charge in [-0.05, 0) is 38.0 Å². The lowest BCUT2D eigenvalue weighted by Gasteiger charge is -2.69. The molecular weight excluding hydrogens is 126 g/mol. The first kappa shape index (κ1) is 6.62. The fraction of sp³-hybridized carbons (Fsp3) is 1.00. The zero-order valence-corrected chi connectivity index (χ0v) is 6.43. The van der Waals surface area contributed by atoms with E-state index in [4.69, 9.17) is 10.8 Å². The Morgan fingerprint density at radius 2 is 2.00 bits per heavy atom. The van der Waals surface area contributed by atoms with Crippen LogP contribution in [0.2, 0.25) is 0 Å². The van der Waals surface area contributed by atoms with Crippen LogP contribution in [0.3, 0.4) is 0 Å². The van der Waals surface area contributed by atoms with E-state index in [0.29, 0.717) is 5.41 Å². The molecule has 0 heterocycles. The van der Waals surface area contributed by atoms with Crippen LogP contribution in [0.4, 0.5) is 0 Å². The molecule has 3 aliphatic rings. The smallest absolute Gasteiger partial charge is 0.0517 e. The average molecular weight is 141 g/mol. The second-order valence-corrected chi connectivity index (χ2v) is 4.45. The molecule has 0 radical (unpaired) electrons. The van der Waals surface area contributed by atoms with Gasteiger partial charge < -0.3 is 10.8 Å². The standard InChI is InChI=1S/C8H15NO/c1-6(10)2-7-3-8(9,4-7)5-7/h6,10H,2-5,9H2,1H3. The first-order valence-corrected chi connectivity index (χ1v) is 4.01. The second kappa shape index (κ2) is 1.56. The SMILES string of the molecule is CC(O)CC12CC(N)(C1)C2. The van der Waals surface area contributed by atoms with Gasteiger partial charge >= 0.3 is 0 Å². The first-order valence-electron chi connectivity index (χ1n) is 4.01. The van der Waals surface area contributed by atoms with Crippen molar-refractivity contribution in [1.82, 2.24) is 0 Å². The van der Waals surface area contributed by atoms with E-state index < -0.39 is 0 Å². The highest BCUT2D eigenvalue weighted by molar-refractivity contribution is 5.21. The van der Waals surface area contributed by atoms with Crippen molar-refractivity contribution >= 4 is 0 Å². The highest BCUT2D eigenvalue weighted by Crippen LogP contribution is 2.67. The largest absolute Gasteiger partial charge is 0.393 e. The Morgan fingerprint density at radius 3 is 2.30 bits per heavy atom. The van der Waals surface area contributed by atoms with Crippen LogP contribution >= 0.6 is 0 Å². The molecule has 0 amide bonds. The third kappa shape index (κ3) is 0.722. The number of aliphatic hydroxyl groups is 1. The summed E-state index contributed by atoms with van der Waals surface area (Å²) in [5.41, 5.74) is 6.55. The van der Waals surface area contributed by atoms with Crippen LogP contribution in [-0.4, -0.2) is 16.7 Å². The number of nitrogens with two attached hydrogens (primary N) is 1. The molecule has 3 N–H and O–H groups in total. The predicted octanol–water partition coefficient (Wildman–Crippen LogP) is 0.639. The minimum absolute atomic E-state index is 0.134. The van der Waals surface area contributed by atoms with Gasteiger partial charge in [-0.15, -0.1) is 0 Å². The zero-order chi connectivity index (χ0) is 7.41. The molecule has 1 atom stereocenters. The summed E-state index contributed by atoms with van der Waals surface area (Å²) in [5.74, 6) is 0. The molecule has 3 fully saturated rings.